The number of nitrogens with zero attached hydrogens (tertiary/aromatic N) is 6. The molecule has 4 aromatic heterocycles. The molecule has 0 aliphatic carbocycles. The monoisotopic (exact) mass is 584 g/mol. The molecule has 0 radical (unpaired) electrons. The van der Waals surface area contributed by atoms with Crippen molar-refractivity contribution in [2.75, 3.05) is 0 Å². The molecule has 0 spiro atoms. The molecule has 0 bridgehead atoms. The number of aromatic nitrogens is 6. The number of thiazole rings is 2. The maximum absolute atomic E-state index is 6.06. The van der Waals surface area contributed by atoms with Gasteiger partial charge >= 0.3 is 0 Å². The fraction of sp³-hybridized carbons (Fsp3) is 0.231. The van der Waals surface area contributed by atoms with Crippen LogP contribution in [0.4, 0.5) is 0 Å². The number of halogens is 2. The Balaban J connectivity index is 0.000000155. The van der Waals surface area contributed by atoms with Crippen LogP contribution in [-0.4, -0.2) is 29.1 Å². The number of aryl methyl sites for hydroxylation is 2. The van der Waals surface area contributed by atoms with Crippen LogP contribution in [0.25, 0.3) is 22.1 Å². The number of nitrogens with two attached hydrogens (primary N) is 2. The van der Waals surface area contributed by atoms with Crippen LogP contribution in [0, 0.1) is 13.8 Å². The van der Waals surface area contributed by atoms with Gasteiger partial charge in [-0.1, -0.05) is 23.2 Å². The molecule has 38 heavy (non-hydrogen) atoms. The van der Waals surface area contributed by atoms with Gasteiger partial charge in [0.15, 0.2) is 0 Å². The molecule has 0 aliphatic heterocycles. The van der Waals surface area contributed by atoms with E-state index in [2.05, 4.69) is 29.1 Å². The molecule has 0 aliphatic rings. The molecule has 6 aromatic rings. The first-order valence-corrected chi connectivity index (χ1v) is 14.4. The zero-order chi connectivity index (χ0) is 26.8. The third-order valence-corrected chi connectivity index (χ3v) is 8.30. The number of rotatable bonds is 6. The largest absolute Gasteiger partial charge is 0.325 e. The van der Waals surface area contributed by atoms with Crippen molar-refractivity contribution in [1.82, 2.24) is 29.1 Å². The van der Waals surface area contributed by atoms with Crippen LogP contribution in [0.15, 0.2) is 47.2 Å². The molecule has 2 aromatic carbocycles. The maximum Gasteiger partial charge on any atom is 0.107 e. The van der Waals surface area contributed by atoms with Crippen LogP contribution in [-0.2, 0) is 26.2 Å². The van der Waals surface area contributed by atoms with Crippen molar-refractivity contribution in [2.45, 2.75) is 40.0 Å². The normalized spacial score (nSPS) is 11.3. The molecular formula is C26H26Cl2N8S2. The molecule has 4 heterocycles. The van der Waals surface area contributed by atoms with Gasteiger partial charge in [-0.3, -0.25) is 0 Å². The van der Waals surface area contributed by atoms with Gasteiger partial charge in [0.1, 0.15) is 21.7 Å². The zero-order valence-corrected chi connectivity index (χ0v) is 24.0. The van der Waals surface area contributed by atoms with Gasteiger partial charge in [0, 0.05) is 33.9 Å². The Bertz CT molecular complexity index is 1720. The minimum Gasteiger partial charge on any atom is -0.325 e. The van der Waals surface area contributed by atoms with Crippen molar-refractivity contribution in [1.29, 1.82) is 0 Å². The summed E-state index contributed by atoms with van der Waals surface area (Å²) >= 11 is 15.2. The second-order valence-electron chi connectivity index (χ2n) is 8.63. The van der Waals surface area contributed by atoms with E-state index in [1.807, 2.05) is 61.0 Å². The second-order valence-corrected chi connectivity index (χ2v) is 11.4. The summed E-state index contributed by atoms with van der Waals surface area (Å²) in [4.78, 5) is 18.0. The van der Waals surface area contributed by atoms with Crippen LogP contribution < -0.4 is 11.5 Å². The minimum absolute atomic E-state index is 0.486. The number of fused-ring (bicyclic) bond motifs is 2. The first-order valence-electron chi connectivity index (χ1n) is 11.9. The van der Waals surface area contributed by atoms with Gasteiger partial charge < -0.3 is 20.6 Å². The Kier molecular flexibility index (Phi) is 8.08. The predicted octanol–water partition coefficient (Wildman–Crippen LogP) is 5.92. The van der Waals surface area contributed by atoms with Gasteiger partial charge in [-0.15, -0.1) is 22.7 Å². The van der Waals surface area contributed by atoms with E-state index in [1.165, 1.54) is 0 Å². The molecule has 12 heteroatoms. The molecule has 0 saturated carbocycles. The van der Waals surface area contributed by atoms with Crippen LogP contribution >= 0.6 is 45.9 Å². The van der Waals surface area contributed by atoms with Crippen molar-refractivity contribution < 1.29 is 0 Å². The molecular weight excluding hydrogens is 559 g/mol. The van der Waals surface area contributed by atoms with Crippen molar-refractivity contribution in [2.24, 2.45) is 11.5 Å². The van der Waals surface area contributed by atoms with Gasteiger partial charge in [-0.2, -0.15) is 0 Å². The van der Waals surface area contributed by atoms with Crippen molar-refractivity contribution >= 4 is 67.9 Å². The average molecular weight is 586 g/mol. The van der Waals surface area contributed by atoms with E-state index in [4.69, 9.17) is 34.7 Å². The minimum atomic E-state index is 0.486. The van der Waals surface area contributed by atoms with Gasteiger partial charge in [0.05, 0.1) is 46.5 Å². The van der Waals surface area contributed by atoms with Gasteiger partial charge in [-0.25, -0.2) is 19.9 Å². The Morgan fingerprint density at radius 1 is 0.684 bits per heavy atom. The van der Waals surface area contributed by atoms with E-state index in [-0.39, 0.29) is 0 Å². The molecule has 0 saturated heterocycles. The molecule has 6 rings (SSSR count). The fourth-order valence-electron chi connectivity index (χ4n) is 4.19. The highest BCUT2D eigenvalue weighted by molar-refractivity contribution is 7.09. The predicted molar refractivity (Wildman–Crippen MR) is 157 cm³/mol. The van der Waals surface area contributed by atoms with Crippen LogP contribution in [0.2, 0.25) is 10.0 Å². The number of hydrogen-bond donors (Lipinski definition) is 2. The van der Waals surface area contributed by atoms with Crippen molar-refractivity contribution in [3.63, 3.8) is 0 Å². The molecule has 4 N–H and O–H groups in total. The van der Waals surface area contributed by atoms with E-state index in [1.54, 1.807) is 22.7 Å². The van der Waals surface area contributed by atoms with Crippen LogP contribution in [0.3, 0.4) is 0 Å². The van der Waals surface area contributed by atoms with Crippen LogP contribution in [0.5, 0.6) is 0 Å². The van der Waals surface area contributed by atoms with E-state index in [0.717, 1.165) is 60.1 Å². The summed E-state index contributed by atoms with van der Waals surface area (Å²) in [7, 11) is 0. The summed E-state index contributed by atoms with van der Waals surface area (Å²) in [6.07, 6.45) is 0. The molecule has 0 amide bonds. The van der Waals surface area contributed by atoms with E-state index in [9.17, 15) is 0 Å². The molecule has 0 fully saturated rings. The van der Waals surface area contributed by atoms with E-state index >= 15 is 0 Å². The lowest BCUT2D eigenvalue weighted by molar-refractivity contribution is 0.765. The van der Waals surface area contributed by atoms with E-state index in [0.29, 0.717) is 31.2 Å². The zero-order valence-electron chi connectivity index (χ0n) is 20.9. The quantitative estimate of drug-likeness (QED) is 0.251. The fourth-order valence-corrected chi connectivity index (χ4v) is 5.86. The summed E-state index contributed by atoms with van der Waals surface area (Å²) in [6, 6.07) is 11.5. The molecule has 8 nitrogen and oxygen atoms in total. The summed E-state index contributed by atoms with van der Waals surface area (Å²) in [6.45, 7) is 6.36. The van der Waals surface area contributed by atoms with Crippen molar-refractivity contribution in [3.8, 4) is 0 Å². The second kappa shape index (κ2) is 11.5. The summed E-state index contributed by atoms with van der Waals surface area (Å²) < 4.78 is 4.26. The maximum atomic E-state index is 6.06. The highest BCUT2D eigenvalue weighted by Gasteiger charge is 2.11. The third-order valence-electron chi connectivity index (χ3n) is 5.99. The lowest BCUT2D eigenvalue weighted by atomic mass is 10.3. The molecule has 0 atom stereocenters. The SMILES string of the molecule is Cc1nc2cc(Cl)ccc2n1Cc1csc(CN)n1.Cc1nc2ccc(Cl)cc2n1Cc1csc(CN)n1. The summed E-state index contributed by atoms with van der Waals surface area (Å²) in [5.41, 5.74) is 17.2. The Hall–Kier alpha value is -2.86. The van der Waals surface area contributed by atoms with Crippen molar-refractivity contribution in [3.05, 3.63) is 90.3 Å². The first kappa shape index (κ1) is 26.7. The van der Waals surface area contributed by atoms with Gasteiger partial charge in [0.2, 0.25) is 0 Å². The smallest absolute Gasteiger partial charge is 0.107 e. The highest BCUT2D eigenvalue weighted by Crippen LogP contribution is 2.23. The lowest BCUT2D eigenvalue weighted by Crippen LogP contribution is -2.03. The number of benzene rings is 2. The average Bonchev–Trinajstić information content (AvgIpc) is 3.67. The number of imidazole rings is 2. The molecule has 196 valence electrons. The first-order chi connectivity index (χ1) is 18.3. The third kappa shape index (κ3) is 5.75. The Morgan fingerprint density at radius 2 is 1.21 bits per heavy atom. The number of hydrogen-bond acceptors (Lipinski definition) is 8. The summed E-state index contributed by atoms with van der Waals surface area (Å²) in [5.74, 6) is 1.92. The Morgan fingerprint density at radius 3 is 1.79 bits per heavy atom. The lowest BCUT2D eigenvalue weighted by Gasteiger charge is -2.04. The molecule has 0 unspecified atom stereocenters. The standard InChI is InChI=1S/2C13H13ClN4S/c1-8-16-11-4-9(14)2-3-12(11)18(8)6-10-7-19-13(5-15)17-10;1-8-16-11-3-2-9(14)4-12(11)18(8)6-10-7-19-13(5-15)17-10/h2*2-4,7H,5-6,15H2,1H3. The van der Waals surface area contributed by atoms with Gasteiger partial charge in [-0.05, 0) is 50.2 Å². The highest BCUT2D eigenvalue weighted by atomic mass is 35.5. The van der Waals surface area contributed by atoms with Gasteiger partial charge in [0.25, 0.3) is 0 Å². The topological polar surface area (TPSA) is 113 Å². The Labute approximate surface area is 237 Å². The van der Waals surface area contributed by atoms with E-state index < -0.39 is 0 Å². The summed E-state index contributed by atoms with van der Waals surface area (Å²) in [5, 5.41) is 7.42. The van der Waals surface area contributed by atoms with Crippen LogP contribution in [0.1, 0.15) is 33.1 Å².